The number of rotatable bonds is 4. The number of nitrogens with two attached hydrogens (primary N) is 1. The third-order valence-electron chi connectivity index (χ3n) is 2.20. The van der Waals surface area contributed by atoms with Gasteiger partial charge in [-0.2, -0.15) is 5.10 Å². The van der Waals surface area contributed by atoms with Gasteiger partial charge in [-0.05, 0) is 20.3 Å². The zero-order valence-corrected chi connectivity index (χ0v) is 9.20. The van der Waals surface area contributed by atoms with Gasteiger partial charge in [0.2, 0.25) is 0 Å². The quantitative estimate of drug-likeness (QED) is 0.797. The van der Waals surface area contributed by atoms with Gasteiger partial charge in [-0.1, -0.05) is 11.6 Å². The zero-order valence-electron chi connectivity index (χ0n) is 8.44. The van der Waals surface area contributed by atoms with Crippen LogP contribution < -0.4 is 5.73 Å². The summed E-state index contributed by atoms with van der Waals surface area (Å²) >= 11 is 5.74. The highest BCUT2D eigenvalue weighted by Crippen LogP contribution is 2.20. The summed E-state index contributed by atoms with van der Waals surface area (Å²) in [4.78, 5) is 0. The third kappa shape index (κ3) is 2.97. The summed E-state index contributed by atoms with van der Waals surface area (Å²) in [6, 6.07) is 0.0843. The van der Waals surface area contributed by atoms with Crippen LogP contribution in [0.15, 0.2) is 12.4 Å². The SMILES string of the molecule is CC(CC(C)(O)CN)n1cc(Cl)cn1. The topological polar surface area (TPSA) is 64.1 Å². The molecule has 0 saturated heterocycles. The van der Waals surface area contributed by atoms with Crippen molar-refractivity contribution in [2.45, 2.75) is 31.9 Å². The van der Waals surface area contributed by atoms with Crippen LogP contribution in [0.4, 0.5) is 0 Å². The van der Waals surface area contributed by atoms with Crippen molar-refractivity contribution in [1.29, 1.82) is 0 Å². The molecule has 0 radical (unpaired) electrons. The second kappa shape index (κ2) is 4.29. The van der Waals surface area contributed by atoms with Crippen molar-refractivity contribution in [3.8, 4) is 0 Å². The largest absolute Gasteiger partial charge is 0.389 e. The standard InChI is InChI=1S/C9H16ClN3O/c1-7(3-9(2,14)6-11)13-5-8(10)4-12-13/h4-5,7,14H,3,6,11H2,1-2H3. The maximum absolute atomic E-state index is 9.76. The monoisotopic (exact) mass is 217 g/mol. The molecule has 0 aliphatic heterocycles. The molecule has 0 aliphatic rings. The van der Waals surface area contributed by atoms with Crippen LogP contribution in [0.2, 0.25) is 5.02 Å². The van der Waals surface area contributed by atoms with Crippen molar-refractivity contribution in [2.75, 3.05) is 6.54 Å². The first-order valence-electron chi connectivity index (χ1n) is 4.57. The summed E-state index contributed by atoms with van der Waals surface area (Å²) in [5, 5.41) is 14.4. The molecule has 2 unspecified atom stereocenters. The Hall–Kier alpha value is -0.580. The number of hydrogen-bond donors (Lipinski definition) is 2. The maximum atomic E-state index is 9.76. The van der Waals surface area contributed by atoms with E-state index in [2.05, 4.69) is 5.10 Å². The van der Waals surface area contributed by atoms with Crippen LogP contribution in [0, 0.1) is 0 Å². The number of hydrogen-bond acceptors (Lipinski definition) is 3. The molecule has 0 saturated carbocycles. The summed E-state index contributed by atoms with van der Waals surface area (Å²) < 4.78 is 1.73. The van der Waals surface area contributed by atoms with E-state index in [9.17, 15) is 5.11 Å². The fourth-order valence-corrected chi connectivity index (χ4v) is 1.51. The highest BCUT2D eigenvalue weighted by molar-refractivity contribution is 6.30. The Bertz CT molecular complexity index is 298. The first-order chi connectivity index (χ1) is 6.44. The Kier molecular flexibility index (Phi) is 3.53. The van der Waals surface area contributed by atoms with E-state index in [0.717, 1.165) is 0 Å². The molecular weight excluding hydrogens is 202 g/mol. The minimum atomic E-state index is -0.849. The van der Waals surface area contributed by atoms with Gasteiger partial charge in [-0.15, -0.1) is 0 Å². The van der Waals surface area contributed by atoms with Crippen molar-refractivity contribution >= 4 is 11.6 Å². The van der Waals surface area contributed by atoms with Crippen molar-refractivity contribution in [1.82, 2.24) is 9.78 Å². The lowest BCUT2D eigenvalue weighted by Crippen LogP contribution is -2.36. The van der Waals surface area contributed by atoms with Crippen LogP contribution >= 0.6 is 11.6 Å². The molecule has 4 nitrogen and oxygen atoms in total. The second-order valence-corrected chi connectivity index (χ2v) is 4.33. The van der Waals surface area contributed by atoms with E-state index in [1.54, 1.807) is 24.0 Å². The van der Waals surface area contributed by atoms with E-state index >= 15 is 0 Å². The van der Waals surface area contributed by atoms with Gasteiger partial charge in [0.1, 0.15) is 0 Å². The molecule has 5 heteroatoms. The van der Waals surface area contributed by atoms with Crippen LogP contribution in [-0.2, 0) is 0 Å². The van der Waals surface area contributed by atoms with E-state index in [4.69, 9.17) is 17.3 Å². The second-order valence-electron chi connectivity index (χ2n) is 3.89. The van der Waals surface area contributed by atoms with E-state index in [1.807, 2.05) is 6.92 Å². The Morgan fingerprint density at radius 1 is 1.79 bits per heavy atom. The van der Waals surface area contributed by atoms with Gasteiger partial charge in [0, 0.05) is 12.7 Å². The number of aromatic nitrogens is 2. The fraction of sp³-hybridized carbons (Fsp3) is 0.667. The lowest BCUT2D eigenvalue weighted by molar-refractivity contribution is 0.0449. The molecule has 1 aromatic rings. The zero-order chi connectivity index (χ0) is 10.8. The van der Waals surface area contributed by atoms with Crippen molar-refractivity contribution in [2.24, 2.45) is 5.73 Å². The molecule has 14 heavy (non-hydrogen) atoms. The molecule has 0 aromatic carbocycles. The van der Waals surface area contributed by atoms with E-state index < -0.39 is 5.60 Å². The van der Waals surface area contributed by atoms with Crippen LogP contribution in [0.25, 0.3) is 0 Å². The van der Waals surface area contributed by atoms with Crippen molar-refractivity contribution in [3.05, 3.63) is 17.4 Å². The Balaban J connectivity index is 2.63. The Labute approximate surface area is 88.7 Å². The smallest absolute Gasteiger partial charge is 0.0785 e. The molecule has 0 bridgehead atoms. The Morgan fingerprint density at radius 2 is 2.43 bits per heavy atom. The lowest BCUT2D eigenvalue weighted by Gasteiger charge is -2.25. The highest BCUT2D eigenvalue weighted by Gasteiger charge is 2.22. The van der Waals surface area contributed by atoms with Gasteiger partial charge in [-0.25, -0.2) is 0 Å². The molecule has 0 aliphatic carbocycles. The van der Waals surface area contributed by atoms with Crippen LogP contribution in [0.5, 0.6) is 0 Å². The molecule has 0 spiro atoms. The predicted molar refractivity (Wildman–Crippen MR) is 56.2 cm³/mol. The molecular formula is C9H16ClN3O. The molecule has 1 heterocycles. The summed E-state index contributed by atoms with van der Waals surface area (Å²) in [5.74, 6) is 0. The minimum absolute atomic E-state index is 0.0843. The Morgan fingerprint density at radius 3 is 2.86 bits per heavy atom. The molecule has 0 fully saturated rings. The van der Waals surface area contributed by atoms with Gasteiger partial charge in [-0.3, -0.25) is 4.68 Å². The first kappa shape index (κ1) is 11.5. The van der Waals surface area contributed by atoms with E-state index in [1.165, 1.54) is 0 Å². The molecule has 80 valence electrons. The summed E-state index contributed by atoms with van der Waals surface area (Å²) in [6.45, 7) is 3.93. The molecule has 3 N–H and O–H groups in total. The normalized spacial score (nSPS) is 17.8. The maximum Gasteiger partial charge on any atom is 0.0785 e. The highest BCUT2D eigenvalue weighted by atomic mass is 35.5. The van der Waals surface area contributed by atoms with Crippen molar-refractivity contribution in [3.63, 3.8) is 0 Å². The number of aliphatic hydroxyl groups is 1. The molecule has 2 atom stereocenters. The van der Waals surface area contributed by atoms with E-state index in [-0.39, 0.29) is 12.6 Å². The van der Waals surface area contributed by atoms with Gasteiger partial charge < -0.3 is 10.8 Å². The summed E-state index contributed by atoms with van der Waals surface area (Å²) in [5.41, 5.74) is 4.58. The lowest BCUT2D eigenvalue weighted by atomic mass is 9.98. The van der Waals surface area contributed by atoms with Crippen LogP contribution in [0.3, 0.4) is 0 Å². The average Bonchev–Trinajstić information content (AvgIpc) is 2.51. The van der Waals surface area contributed by atoms with Gasteiger partial charge in [0.15, 0.2) is 0 Å². The summed E-state index contributed by atoms with van der Waals surface area (Å²) in [7, 11) is 0. The molecule has 1 rings (SSSR count). The number of halogens is 1. The minimum Gasteiger partial charge on any atom is -0.389 e. The summed E-state index contributed by atoms with van der Waals surface area (Å²) in [6.07, 6.45) is 3.87. The van der Waals surface area contributed by atoms with Gasteiger partial charge in [0.05, 0.1) is 22.9 Å². The average molecular weight is 218 g/mol. The van der Waals surface area contributed by atoms with Crippen LogP contribution in [-0.4, -0.2) is 27.0 Å². The fourth-order valence-electron chi connectivity index (χ4n) is 1.37. The third-order valence-corrected chi connectivity index (χ3v) is 2.39. The van der Waals surface area contributed by atoms with E-state index in [0.29, 0.717) is 11.4 Å². The predicted octanol–water partition coefficient (Wildman–Crippen LogP) is 1.20. The van der Waals surface area contributed by atoms with Gasteiger partial charge in [0.25, 0.3) is 0 Å². The van der Waals surface area contributed by atoms with Crippen LogP contribution in [0.1, 0.15) is 26.3 Å². The number of nitrogens with zero attached hydrogens (tertiary/aromatic N) is 2. The van der Waals surface area contributed by atoms with Gasteiger partial charge >= 0.3 is 0 Å². The first-order valence-corrected chi connectivity index (χ1v) is 4.94. The molecule has 0 amide bonds. The molecule has 1 aromatic heterocycles. The van der Waals surface area contributed by atoms with Crippen molar-refractivity contribution < 1.29 is 5.11 Å².